The van der Waals surface area contributed by atoms with E-state index in [4.69, 9.17) is 4.74 Å². The van der Waals surface area contributed by atoms with Crippen molar-refractivity contribution < 1.29 is 19.1 Å². The molecule has 0 atom stereocenters. The predicted octanol–water partition coefficient (Wildman–Crippen LogP) is 4.66. The number of thiophene rings is 1. The first-order valence-corrected chi connectivity index (χ1v) is 11.1. The Labute approximate surface area is 184 Å². The van der Waals surface area contributed by atoms with Crippen molar-refractivity contribution in [3.05, 3.63) is 48.7 Å². The molecule has 0 radical (unpaired) electrons. The molecule has 0 spiro atoms. The van der Waals surface area contributed by atoms with Crippen molar-refractivity contribution in [2.24, 2.45) is 0 Å². The van der Waals surface area contributed by atoms with Crippen LogP contribution in [0.3, 0.4) is 0 Å². The second-order valence-electron chi connectivity index (χ2n) is 6.52. The van der Waals surface area contributed by atoms with Gasteiger partial charge in [-0.2, -0.15) is 0 Å². The Morgan fingerprint density at radius 3 is 2.54 bits per heavy atom. The summed E-state index contributed by atoms with van der Waals surface area (Å²) in [5.41, 5.74) is 2.48. The van der Waals surface area contributed by atoms with E-state index in [2.05, 4.69) is 58.6 Å². The van der Waals surface area contributed by atoms with Gasteiger partial charge < -0.3 is 14.8 Å². The van der Waals surface area contributed by atoms with Crippen molar-refractivity contribution in [3.63, 3.8) is 0 Å². The molecule has 28 heavy (non-hydrogen) atoms. The number of hydrogen-bond donors (Lipinski definition) is 1. The summed E-state index contributed by atoms with van der Waals surface area (Å²) in [7, 11) is 1.34. The quantitative estimate of drug-likeness (QED) is 0.284. The highest BCUT2D eigenvalue weighted by Gasteiger charge is 2.10. The molecule has 0 aliphatic carbocycles. The van der Waals surface area contributed by atoms with Gasteiger partial charge in [0.1, 0.15) is 5.75 Å². The van der Waals surface area contributed by atoms with Gasteiger partial charge in [-0.1, -0.05) is 0 Å². The van der Waals surface area contributed by atoms with Gasteiger partial charge in [0.15, 0.2) is 0 Å². The molecule has 7 heteroatoms. The SMILES string of the molecule is COC(=O)CCNC(=O)c1ccc(CCCCOc2cc(C)c(I)c(C)c2)s1. The van der Waals surface area contributed by atoms with Gasteiger partial charge in [-0.3, -0.25) is 9.59 Å². The van der Waals surface area contributed by atoms with Crippen LogP contribution >= 0.6 is 33.9 Å². The standard InChI is InChI=1S/C21H26INO4S/c1-14-12-16(13-15(2)20(14)22)27-11-5-4-6-17-7-8-18(28-17)21(25)23-10-9-19(24)26-3/h7-8,12-13H,4-6,9-11H2,1-3H3,(H,23,25). The molecule has 5 nitrogen and oxygen atoms in total. The van der Waals surface area contributed by atoms with Crippen molar-refractivity contribution >= 4 is 45.8 Å². The molecule has 0 saturated carbocycles. The molecule has 0 unspecified atom stereocenters. The van der Waals surface area contributed by atoms with E-state index < -0.39 is 0 Å². The number of carbonyl (C=O) groups excluding carboxylic acids is 2. The lowest BCUT2D eigenvalue weighted by atomic mass is 10.1. The number of carbonyl (C=O) groups is 2. The fourth-order valence-corrected chi connectivity index (χ4v) is 3.96. The number of halogens is 1. The average Bonchev–Trinajstić information content (AvgIpc) is 3.14. The first-order valence-electron chi connectivity index (χ1n) is 9.24. The summed E-state index contributed by atoms with van der Waals surface area (Å²) in [6.07, 6.45) is 3.07. The zero-order valence-electron chi connectivity index (χ0n) is 16.5. The van der Waals surface area contributed by atoms with Crippen LogP contribution in [0.2, 0.25) is 0 Å². The largest absolute Gasteiger partial charge is 0.494 e. The highest BCUT2D eigenvalue weighted by Crippen LogP contribution is 2.23. The average molecular weight is 515 g/mol. The van der Waals surface area contributed by atoms with Crippen LogP contribution in [0.4, 0.5) is 0 Å². The third-order valence-electron chi connectivity index (χ3n) is 4.22. The summed E-state index contributed by atoms with van der Waals surface area (Å²) in [5.74, 6) is 0.454. The molecular formula is C21H26INO4S. The molecule has 2 rings (SSSR count). The molecule has 0 bridgehead atoms. The van der Waals surface area contributed by atoms with Crippen LogP contribution in [0.25, 0.3) is 0 Å². The molecule has 1 aromatic heterocycles. The van der Waals surface area contributed by atoms with Crippen molar-refractivity contribution in [2.45, 2.75) is 39.5 Å². The van der Waals surface area contributed by atoms with Gasteiger partial charge in [0.2, 0.25) is 0 Å². The second kappa shape index (κ2) is 11.4. The van der Waals surface area contributed by atoms with Crippen molar-refractivity contribution in [1.82, 2.24) is 5.32 Å². The topological polar surface area (TPSA) is 64.6 Å². The molecule has 0 fully saturated rings. The number of nitrogens with one attached hydrogen (secondary N) is 1. The van der Waals surface area contributed by atoms with E-state index in [0.29, 0.717) is 11.5 Å². The number of hydrogen-bond acceptors (Lipinski definition) is 5. The number of esters is 1. The first-order chi connectivity index (χ1) is 13.4. The fraction of sp³-hybridized carbons (Fsp3) is 0.429. The molecule has 1 aromatic carbocycles. The van der Waals surface area contributed by atoms with Crippen LogP contribution in [0.15, 0.2) is 24.3 Å². The van der Waals surface area contributed by atoms with Crippen LogP contribution in [-0.2, 0) is 16.0 Å². The van der Waals surface area contributed by atoms with E-state index in [1.165, 1.54) is 38.0 Å². The van der Waals surface area contributed by atoms with E-state index in [1.54, 1.807) is 0 Å². The van der Waals surface area contributed by atoms with Gasteiger partial charge in [0, 0.05) is 15.0 Å². The number of rotatable bonds is 10. The van der Waals surface area contributed by atoms with Gasteiger partial charge in [-0.25, -0.2) is 0 Å². The number of unbranched alkanes of at least 4 members (excludes halogenated alkanes) is 1. The van der Waals surface area contributed by atoms with Gasteiger partial charge in [0.25, 0.3) is 5.91 Å². The molecule has 1 heterocycles. The third kappa shape index (κ3) is 7.09. The summed E-state index contributed by atoms with van der Waals surface area (Å²) in [4.78, 5) is 25.0. The maximum atomic E-state index is 12.1. The zero-order chi connectivity index (χ0) is 20.5. The summed E-state index contributed by atoms with van der Waals surface area (Å²) in [6.45, 7) is 5.17. The van der Waals surface area contributed by atoms with E-state index in [9.17, 15) is 9.59 Å². The first kappa shape index (κ1) is 22.7. The zero-order valence-corrected chi connectivity index (χ0v) is 19.4. The Balaban J connectivity index is 1.68. The maximum Gasteiger partial charge on any atom is 0.307 e. The number of aryl methyl sites for hydroxylation is 3. The lowest BCUT2D eigenvalue weighted by molar-refractivity contribution is -0.140. The van der Waals surface area contributed by atoms with Gasteiger partial charge in [-0.15, -0.1) is 11.3 Å². The van der Waals surface area contributed by atoms with Crippen LogP contribution in [0.1, 0.15) is 44.9 Å². The number of ether oxygens (including phenoxy) is 2. The lowest BCUT2D eigenvalue weighted by Crippen LogP contribution is -2.25. The Kier molecular flexibility index (Phi) is 9.24. The highest BCUT2D eigenvalue weighted by atomic mass is 127. The monoisotopic (exact) mass is 515 g/mol. The lowest BCUT2D eigenvalue weighted by Gasteiger charge is -2.10. The molecule has 1 amide bonds. The third-order valence-corrected chi connectivity index (χ3v) is 7.07. The molecule has 0 aliphatic rings. The fourth-order valence-electron chi connectivity index (χ4n) is 2.68. The van der Waals surface area contributed by atoms with E-state index in [-0.39, 0.29) is 24.8 Å². The molecular weight excluding hydrogens is 489 g/mol. The Bertz CT molecular complexity index is 795. The van der Waals surface area contributed by atoms with Gasteiger partial charge in [0.05, 0.1) is 25.0 Å². The minimum Gasteiger partial charge on any atom is -0.494 e. The van der Waals surface area contributed by atoms with Crippen molar-refractivity contribution in [3.8, 4) is 5.75 Å². The van der Waals surface area contributed by atoms with Crippen molar-refractivity contribution in [1.29, 1.82) is 0 Å². The Morgan fingerprint density at radius 2 is 1.86 bits per heavy atom. The normalized spacial score (nSPS) is 10.6. The molecule has 152 valence electrons. The molecule has 1 N–H and O–H groups in total. The highest BCUT2D eigenvalue weighted by molar-refractivity contribution is 14.1. The van der Waals surface area contributed by atoms with Gasteiger partial charge >= 0.3 is 5.97 Å². The summed E-state index contributed by atoms with van der Waals surface area (Å²) >= 11 is 3.85. The van der Waals surface area contributed by atoms with Crippen LogP contribution in [0.5, 0.6) is 5.75 Å². The minimum atomic E-state index is -0.329. The van der Waals surface area contributed by atoms with Crippen molar-refractivity contribution in [2.75, 3.05) is 20.3 Å². The summed E-state index contributed by atoms with van der Waals surface area (Å²) < 4.78 is 11.7. The smallest absolute Gasteiger partial charge is 0.307 e. The Morgan fingerprint density at radius 1 is 1.14 bits per heavy atom. The van der Waals surface area contributed by atoms with Crippen LogP contribution in [-0.4, -0.2) is 32.1 Å². The number of amides is 1. The molecule has 0 saturated heterocycles. The second-order valence-corrected chi connectivity index (χ2v) is 8.77. The number of methoxy groups -OCH3 is 1. The predicted molar refractivity (Wildman–Crippen MR) is 120 cm³/mol. The van der Waals surface area contributed by atoms with E-state index in [0.717, 1.165) is 25.0 Å². The molecule has 2 aromatic rings. The van der Waals surface area contributed by atoms with Gasteiger partial charge in [-0.05, 0) is 91.1 Å². The minimum absolute atomic E-state index is 0.145. The van der Waals surface area contributed by atoms with E-state index in [1.807, 2.05) is 12.1 Å². The molecule has 0 aliphatic heterocycles. The maximum absolute atomic E-state index is 12.1. The summed E-state index contributed by atoms with van der Waals surface area (Å²) in [5, 5.41) is 2.74. The Hall–Kier alpha value is -1.61. The number of benzene rings is 1. The van der Waals surface area contributed by atoms with Crippen LogP contribution < -0.4 is 10.1 Å². The van der Waals surface area contributed by atoms with Crippen LogP contribution in [0, 0.1) is 17.4 Å². The van der Waals surface area contributed by atoms with E-state index >= 15 is 0 Å². The summed E-state index contributed by atoms with van der Waals surface area (Å²) in [6, 6.07) is 7.99.